The molecule has 0 unspecified atom stereocenters. The van der Waals surface area contributed by atoms with Crippen molar-refractivity contribution in [1.82, 2.24) is 5.32 Å². The summed E-state index contributed by atoms with van der Waals surface area (Å²) in [6.07, 6.45) is 0.707. The minimum absolute atomic E-state index is 0.0956. The molecular formula is C20H24Cl2N3O+. The van der Waals surface area contributed by atoms with Crippen LogP contribution in [0.1, 0.15) is 5.56 Å². The third-order valence-corrected chi connectivity index (χ3v) is 5.32. The number of halogens is 2. The van der Waals surface area contributed by atoms with Crippen molar-refractivity contribution in [3.63, 3.8) is 0 Å². The normalized spacial score (nSPS) is 15.1. The van der Waals surface area contributed by atoms with Crippen molar-refractivity contribution in [1.29, 1.82) is 0 Å². The third-order valence-electron chi connectivity index (χ3n) is 4.73. The van der Waals surface area contributed by atoms with Crippen LogP contribution >= 0.6 is 23.2 Å². The monoisotopic (exact) mass is 392 g/mol. The van der Waals surface area contributed by atoms with Crippen molar-refractivity contribution < 1.29 is 9.69 Å². The predicted molar refractivity (Wildman–Crippen MR) is 107 cm³/mol. The highest BCUT2D eigenvalue weighted by atomic mass is 35.5. The van der Waals surface area contributed by atoms with Crippen LogP contribution in [0.2, 0.25) is 10.0 Å². The number of nitrogens with one attached hydrogen (secondary N) is 2. The Bertz CT molecular complexity index is 731. The van der Waals surface area contributed by atoms with Gasteiger partial charge in [-0.2, -0.15) is 0 Å². The van der Waals surface area contributed by atoms with Gasteiger partial charge in [-0.15, -0.1) is 0 Å². The van der Waals surface area contributed by atoms with Crippen LogP contribution in [0.5, 0.6) is 0 Å². The van der Waals surface area contributed by atoms with E-state index >= 15 is 0 Å². The molecule has 1 aliphatic heterocycles. The Labute approximate surface area is 164 Å². The summed E-state index contributed by atoms with van der Waals surface area (Å²) < 4.78 is 0. The van der Waals surface area contributed by atoms with Gasteiger partial charge >= 0.3 is 0 Å². The molecule has 0 aromatic heterocycles. The van der Waals surface area contributed by atoms with E-state index in [9.17, 15) is 4.79 Å². The van der Waals surface area contributed by atoms with Crippen molar-refractivity contribution >= 4 is 34.8 Å². The number of hydrogen-bond acceptors (Lipinski definition) is 2. The molecule has 0 radical (unpaired) electrons. The number of quaternary nitrogens is 1. The SMILES string of the molecule is O=C(C[NH+]1CCN(c2ccccc2)CC1)NCCc1ccc(Cl)cc1Cl. The van der Waals surface area contributed by atoms with Crippen LogP contribution in [0.3, 0.4) is 0 Å². The van der Waals surface area contributed by atoms with Crippen LogP contribution in [0.15, 0.2) is 48.5 Å². The van der Waals surface area contributed by atoms with Gasteiger partial charge in [0.05, 0.1) is 26.2 Å². The van der Waals surface area contributed by atoms with E-state index in [0.29, 0.717) is 29.6 Å². The Hall–Kier alpha value is -1.75. The number of carbonyl (C=O) groups is 1. The predicted octanol–water partition coefficient (Wildman–Crippen LogP) is 2.06. The Balaban J connectivity index is 1.38. The van der Waals surface area contributed by atoms with Gasteiger partial charge in [0, 0.05) is 22.3 Å². The fourth-order valence-corrected chi connectivity index (χ4v) is 3.75. The van der Waals surface area contributed by atoms with Gasteiger partial charge in [0.2, 0.25) is 0 Å². The number of amides is 1. The van der Waals surface area contributed by atoms with E-state index in [2.05, 4.69) is 34.5 Å². The summed E-state index contributed by atoms with van der Waals surface area (Å²) in [5.74, 6) is 0.0956. The van der Waals surface area contributed by atoms with Crippen molar-refractivity contribution in [3.8, 4) is 0 Å². The van der Waals surface area contributed by atoms with E-state index in [1.54, 1.807) is 6.07 Å². The van der Waals surface area contributed by atoms with Crippen LogP contribution < -0.4 is 15.1 Å². The molecule has 0 spiro atoms. The van der Waals surface area contributed by atoms with Crippen molar-refractivity contribution in [2.75, 3.05) is 44.2 Å². The quantitative estimate of drug-likeness (QED) is 0.789. The molecule has 138 valence electrons. The number of rotatable bonds is 6. The Morgan fingerprint density at radius 1 is 1.08 bits per heavy atom. The maximum atomic E-state index is 12.2. The zero-order valence-electron chi connectivity index (χ0n) is 14.7. The number of nitrogens with zero attached hydrogens (tertiary/aromatic N) is 1. The molecule has 6 heteroatoms. The number of benzene rings is 2. The first kappa shape index (κ1) is 19.0. The van der Waals surface area contributed by atoms with Crippen molar-refractivity contribution in [3.05, 3.63) is 64.1 Å². The summed E-state index contributed by atoms with van der Waals surface area (Å²) in [4.78, 5) is 15.9. The maximum absolute atomic E-state index is 12.2. The summed E-state index contributed by atoms with van der Waals surface area (Å²) in [5, 5.41) is 4.27. The van der Waals surface area contributed by atoms with Crippen LogP contribution in [0.4, 0.5) is 5.69 Å². The summed E-state index contributed by atoms with van der Waals surface area (Å²) in [5.41, 5.74) is 2.26. The maximum Gasteiger partial charge on any atom is 0.275 e. The number of anilines is 1. The van der Waals surface area contributed by atoms with Crippen LogP contribution in [-0.2, 0) is 11.2 Å². The average molecular weight is 393 g/mol. The Kier molecular flexibility index (Phi) is 6.78. The molecule has 2 N–H and O–H groups in total. The fraction of sp³-hybridized carbons (Fsp3) is 0.350. The topological polar surface area (TPSA) is 36.8 Å². The number of carbonyl (C=O) groups excluding carboxylic acids is 1. The molecule has 2 aromatic rings. The van der Waals surface area contributed by atoms with Gasteiger partial charge in [-0.25, -0.2) is 0 Å². The third kappa shape index (κ3) is 5.37. The average Bonchev–Trinajstić information content (AvgIpc) is 2.65. The minimum atomic E-state index is 0.0956. The van der Waals surface area contributed by atoms with Gasteiger partial charge < -0.3 is 15.1 Å². The molecule has 0 saturated carbocycles. The Morgan fingerprint density at radius 2 is 1.81 bits per heavy atom. The van der Waals surface area contributed by atoms with Gasteiger partial charge in [0.15, 0.2) is 6.54 Å². The number of piperazine rings is 1. The highest BCUT2D eigenvalue weighted by Gasteiger charge is 2.22. The molecule has 1 saturated heterocycles. The van der Waals surface area contributed by atoms with E-state index in [1.165, 1.54) is 10.6 Å². The van der Waals surface area contributed by atoms with Gasteiger partial charge in [0.1, 0.15) is 0 Å². The van der Waals surface area contributed by atoms with E-state index in [0.717, 1.165) is 31.7 Å². The summed E-state index contributed by atoms with van der Waals surface area (Å²) in [7, 11) is 0. The first-order valence-corrected chi connectivity index (χ1v) is 9.71. The molecule has 2 aromatic carbocycles. The van der Waals surface area contributed by atoms with E-state index in [-0.39, 0.29) is 5.91 Å². The van der Waals surface area contributed by atoms with E-state index in [4.69, 9.17) is 23.2 Å². The first-order chi connectivity index (χ1) is 12.6. The largest absolute Gasteiger partial charge is 0.360 e. The van der Waals surface area contributed by atoms with Crippen LogP contribution in [0, 0.1) is 0 Å². The molecule has 0 atom stereocenters. The highest BCUT2D eigenvalue weighted by Crippen LogP contribution is 2.21. The molecule has 0 aliphatic carbocycles. The highest BCUT2D eigenvalue weighted by molar-refractivity contribution is 6.35. The zero-order chi connectivity index (χ0) is 18.4. The molecule has 1 heterocycles. The van der Waals surface area contributed by atoms with Gasteiger partial charge in [-0.05, 0) is 36.2 Å². The molecule has 4 nitrogen and oxygen atoms in total. The van der Waals surface area contributed by atoms with E-state index in [1.807, 2.05) is 18.2 Å². The first-order valence-electron chi connectivity index (χ1n) is 8.96. The molecule has 3 rings (SSSR count). The van der Waals surface area contributed by atoms with Gasteiger partial charge in [0.25, 0.3) is 5.91 Å². The summed E-state index contributed by atoms with van der Waals surface area (Å²) in [6.45, 7) is 5.03. The molecule has 1 amide bonds. The summed E-state index contributed by atoms with van der Waals surface area (Å²) >= 11 is 12.1. The second-order valence-electron chi connectivity index (χ2n) is 6.59. The molecule has 26 heavy (non-hydrogen) atoms. The lowest BCUT2D eigenvalue weighted by Gasteiger charge is -2.33. The zero-order valence-corrected chi connectivity index (χ0v) is 16.2. The number of para-hydroxylation sites is 1. The smallest absolute Gasteiger partial charge is 0.275 e. The van der Waals surface area contributed by atoms with Crippen LogP contribution in [-0.4, -0.2) is 45.2 Å². The van der Waals surface area contributed by atoms with Crippen LogP contribution in [0.25, 0.3) is 0 Å². The lowest BCUT2D eigenvalue weighted by Crippen LogP contribution is -3.16. The summed E-state index contributed by atoms with van der Waals surface area (Å²) in [6, 6.07) is 15.9. The minimum Gasteiger partial charge on any atom is -0.360 e. The lowest BCUT2D eigenvalue weighted by atomic mass is 10.1. The second kappa shape index (κ2) is 9.26. The second-order valence-corrected chi connectivity index (χ2v) is 7.43. The van der Waals surface area contributed by atoms with Gasteiger partial charge in [-0.1, -0.05) is 47.5 Å². The molecule has 1 fully saturated rings. The van der Waals surface area contributed by atoms with Crippen molar-refractivity contribution in [2.45, 2.75) is 6.42 Å². The standard InChI is InChI=1S/C20H23Cl2N3O/c21-17-7-6-16(19(22)14-17)8-9-23-20(26)15-24-10-12-25(13-11-24)18-4-2-1-3-5-18/h1-7,14H,8-13,15H2,(H,23,26)/p+1. The Morgan fingerprint density at radius 3 is 2.50 bits per heavy atom. The lowest BCUT2D eigenvalue weighted by molar-refractivity contribution is -0.892. The molecular weight excluding hydrogens is 369 g/mol. The molecule has 1 aliphatic rings. The van der Waals surface area contributed by atoms with Gasteiger partial charge in [-0.3, -0.25) is 4.79 Å². The van der Waals surface area contributed by atoms with E-state index < -0.39 is 0 Å². The number of hydrogen-bond donors (Lipinski definition) is 2. The fourth-order valence-electron chi connectivity index (χ4n) is 3.25. The molecule has 0 bridgehead atoms. The van der Waals surface area contributed by atoms with Crippen molar-refractivity contribution in [2.24, 2.45) is 0 Å².